The molecule has 1 amide bonds. The average Bonchev–Trinajstić information content (AvgIpc) is 2.71. The summed E-state index contributed by atoms with van der Waals surface area (Å²) in [5, 5.41) is 36.4. The predicted molar refractivity (Wildman–Crippen MR) is 108 cm³/mol. The Kier molecular flexibility index (Phi) is 4.97. The van der Waals surface area contributed by atoms with E-state index in [1.165, 1.54) is 13.2 Å². The number of fused-ring (bicyclic) bond motifs is 3. The Hall–Kier alpha value is -3.39. The van der Waals surface area contributed by atoms with Gasteiger partial charge in [0, 0.05) is 23.4 Å². The topological polar surface area (TPSA) is 146 Å². The smallest absolute Gasteiger partial charge is 0.412 e. The van der Waals surface area contributed by atoms with Crippen LogP contribution in [-0.4, -0.2) is 46.0 Å². The second-order valence-electron chi connectivity index (χ2n) is 7.85. The fourth-order valence-corrected chi connectivity index (χ4v) is 3.97. The van der Waals surface area contributed by atoms with Gasteiger partial charge in [-0.25, -0.2) is 9.78 Å². The van der Waals surface area contributed by atoms with Gasteiger partial charge in [0.25, 0.3) is 0 Å². The molecule has 1 aromatic heterocycles. The summed E-state index contributed by atoms with van der Waals surface area (Å²) in [6.07, 6.45) is 1.40. The first-order valence-corrected chi connectivity index (χ1v) is 9.63. The summed E-state index contributed by atoms with van der Waals surface area (Å²) in [5.74, 6) is -2.02. The van der Waals surface area contributed by atoms with Crippen molar-refractivity contribution in [3.8, 4) is 28.7 Å². The molecule has 4 rings (SSSR count). The number of aliphatic hydroxyl groups is 2. The summed E-state index contributed by atoms with van der Waals surface area (Å²) in [5.41, 5.74) is 1.02. The second-order valence-corrected chi connectivity index (χ2v) is 7.85. The zero-order valence-corrected chi connectivity index (χ0v) is 17.2. The van der Waals surface area contributed by atoms with E-state index in [0.717, 1.165) is 5.56 Å². The summed E-state index contributed by atoms with van der Waals surface area (Å²) in [6.45, 7) is 3.69. The Bertz CT molecular complexity index is 1090. The van der Waals surface area contributed by atoms with Crippen molar-refractivity contribution < 1.29 is 29.2 Å². The van der Waals surface area contributed by atoms with Gasteiger partial charge >= 0.3 is 12.1 Å². The molecule has 31 heavy (non-hydrogen) atoms. The molecule has 1 fully saturated rings. The number of rotatable bonds is 4. The van der Waals surface area contributed by atoms with Gasteiger partial charge in [-0.1, -0.05) is 0 Å². The van der Waals surface area contributed by atoms with Gasteiger partial charge in [-0.2, -0.15) is 5.26 Å². The molecule has 1 aromatic carbocycles. The van der Waals surface area contributed by atoms with Crippen molar-refractivity contribution in [3.05, 3.63) is 35.5 Å². The fraction of sp³-hybridized carbons (Fsp3) is 0.381. The SMILES string of the molecule is COC(=O)Nc1cc2c(cn1)COc1c-2ccc(OC(O)(O)C2(C)CC(C)N2)c1C#N. The second kappa shape index (κ2) is 7.39. The molecule has 2 atom stereocenters. The van der Waals surface area contributed by atoms with E-state index in [2.05, 4.69) is 20.4 Å². The van der Waals surface area contributed by atoms with Gasteiger partial charge in [0.15, 0.2) is 0 Å². The Morgan fingerprint density at radius 2 is 2.19 bits per heavy atom. The lowest BCUT2D eigenvalue weighted by atomic mass is 9.81. The van der Waals surface area contributed by atoms with Crippen LogP contribution in [0.25, 0.3) is 11.1 Å². The van der Waals surface area contributed by atoms with Crippen LogP contribution in [0.3, 0.4) is 0 Å². The van der Waals surface area contributed by atoms with Crippen LogP contribution in [-0.2, 0) is 11.3 Å². The van der Waals surface area contributed by atoms with E-state index in [0.29, 0.717) is 17.5 Å². The van der Waals surface area contributed by atoms with E-state index in [1.54, 1.807) is 25.3 Å². The van der Waals surface area contributed by atoms with Gasteiger partial charge < -0.3 is 29.7 Å². The molecule has 2 aromatic rings. The average molecular weight is 426 g/mol. The molecule has 162 valence electrons. The van der Waals surface area contributed by atoms with Crippen LogP contribution in [0.1, 0.15) is 31.4 Å². The zero-order valence-electron chi connectivity index (χ0n) is 17.2. The minimum absolute atomic E-state index is 0.0146. The van der Waals surface area contributed by atoms with Crippen LogP contribution in [0.2, 0.25) is 0 Å². The van der Waals surface area contributed by atoms with Gasteiger partial charge in [-0.3, -0.25) is 5.32 Å². The number of hydrogen-bond donors (Lipinski definition) is 4. The van der Waals surface area contributed by atoms with Crippen molar-refractivity contribution in [1.82, 2.24) is 10.3 Å². The standard InChI is InChI=1S/C21H22N4O6/c1-11-7-20(2,25-11)21(27,28)31-16-5-4-13-14-6-17(24-19(26)29-3)23-9-12(14)10-30-18(13)15(16)8-22/h4-6,9,11,25,27-28H,7,10H2,1-3H3,(H,23,24,26). The number of pyridine rings is 1. The highest BCUT2D eigenvalue weighted by atomic mass is 16.8. The molecular weight excluding hydrogens is 404 g/mol. The summed E-state index contributed by atoms with van der Waals surface area (Å²) in [7, 11) is 1.25. The fourth-order valence-electron chi connectivity index (χ4n) is 3.97. The highest BCUT2D eigenvalue weighted by molar-refractivity contribution is 5.86. The van der Waals surface area contributed by atoms with E-state index in [-0.39, 0.29) is 35.5 Å². The lowest BCUT2D eigenvalue weighted by molar-refractivity contribution is -0.348. The molecule has 0 spiro atoms. The largest absolute Gasteiger partial charge is 0.487 e. The number of methoxy groups -OCH3 is 1. The van der Waals surface area contributed by atoms with E-state index < -0.39 is 17.6 Å². The molecule has 2 aliphatic rings. The van der Waals surface area contributed by atoms with Crippen molar-refractivity contribution in [2.75, 3.05) is 12.4 Å². The number of hydrogen-bond acceptors (Lipinski definition) is 9. The van der Waals surface area contributed by atoms with Crippen LogP contribution in [0, 0.1) is 11.3 Å². The molecule has 0 saturated carbocycles. The maximum Gasteiger partial charge on any atom is 0.412 e. The minimum Gasteiger partial charge on any atom is -0.487 e. The number of carbonyl (C=O) groups excluding carboxylic acids is 1. The molecule has 2 aliphatic heterocycles. The third kappa shape index (κ3) is 3.53. The molecule has 10 heteroatoms. The third-order valence-electron chi connectivity index (χ3n) is 5.55. The normalized spacial score (nSPS) is 21.5. The Morgan fingerprint density at radius 1 is 1.45 bits per heavy atom. The van der Waals surface area contributed by atoms with E-state index in [9.17, 15) is 20.3 Å². The number of nitrogens with one attached hydrogen (secondary N) is 2. The van der Waals surface area contributed by atoms with Crippen molar-refractivity contribution in [1.29, 1.82) is 5.26 Å². The number of ether oxygens (including phenoxy) is 3. The molecular formula is C21H22N4O6. The zero-order chi connectivity index (χ0) is 22.4. The number of anilines is 1. The van der Waals surface area contributed by atoms with E-state index >= 15 is 0 Å². The van der Waals surface area contributed by atoms with Crippen LogP contribution in [0.5, 0.6) is 11.5 Å². The predicted octanol–water partition coefficient (Wildman–Crippen LogP) is 1.85. The number of amides is 1. The lowest BCUT2D eigenvalue weighted by Gasteiger charge is -2.51. The number of aromatic nitrogens is 1. The van der Waals surface area contributed by atoms with Crippen LogP contribution in [0.15, 0.2) is 24.4 Å². The highest BCUT2D eigenvalue weighted by Crippen LogP contribution is 2.45. The van der Waals surface area contributed by atoms with Gasteiger partial charge in [-0.15, -0.1) is 0 Å². The lowest BCUT2D eigenvalue weighted by Crippen LogP contribution is -2.74. The number of carbonyl (C=O) groups is 1. The molecule has 3 heterocycles. The molecule has 4 N–H and O–H groups in total. The Morgan fingerprint density at radius 3 is 2.84 bits per heavy atom. The number of nitriles is 1. The van der Waals surface area contributed by atoms with E-state index in [4.69, 9.17) is 9.47 Å². The van der Waals surface area contributed by atoms with Crippen molar-refractivity contribution >= 4 is 11.9 Å². The first kappa shape index (κ1) is 20.9. The minimum atomic E-state index is -2.53. The van der Waals surface area contributed by atoms with Gasteiger partial charge in [0.05, 0.1) is 7.11 Å². The van der Waals surface area contributed by atoms with Crippen molar-refractivity contribution in [2.45, 2.75) is 44.4 Å². The first-order chi connectivity index (χ1) is 14.7. The Balaban J connectivity index is 1.70. The number of nitrogens with zero attached hydrogens (tertiary/aromatic N) is 2. The number of benzene rings is 1. The van der Waals surface area contributed by atoms with E-state index in [1.807, 2.05) is 13.0 Å². The molecule has 0 bridgehead atoms. The summed E-state index contributed by atoms with van der Waals surface area (Å²) in [4.78, 5) is 15.6. The monoisotopic (exact) mass is 426 g/mol. The van der Waals surface area contributed by atoms with Gasteiger partial charge in [0.2, 0.25) is 0 Å². The quantitative estimate of drug-likeness (QED) is 0.538. The van der Waals surface area contributed by atoms with Crippen molar-refractivity contribution in [2.24, 2.45) is 0 Å². The van der Waals surface area contributed by atoms with Crippen LogP contribution in [0.4, 0.5) is 10.6 Å². The highest BCUT2D eigenvalue weighted by Gasteiger charge is 2.55. The molecule has 10 nitrogen and oxygen atoms in total. The van der Waals surface area contributed by atoms with Gasteiger partial charge in [0.1, 0.15) is 41.1 Å². The van der Waals surface area contributed by atoms with Crippen LogP contribution >= 0.6 is 0 Å². The molecule has 0 radical (unpaired) electrons. The Labute approximate surface area is 178 Å². The maximum atomic E-state index is 11.5. The maximum absolute atomic E-state index is 11.5. The summed E-state index contributed by atoms with van der Waals surface area (Å²) < 4.78 is 15.9. The van der Waals surface area contributed by atoms with Crippen molar-refractivity contribution in [3.63, 3.8) is 0 Å². The third-order valence-corrected chi connectivity index (χ3v) is 5.55. The molecule has 2 unspecified atom stereocenters. The summed E-state index contributed by atoms with van der Waals surface area (Å²) in [6, 6.07) is 6.94. The molecule has 1 saturated heterocycles. The first-order valence-electron chi connectivity index (χ1n) is 9.63. The summed E-state index contributed by atoms with van der Waals surface area (Å²) >= 11 is 0. The van der Waals surface area contributed by atoms with Crippen LogP contribution < -0.4 is 20.1 Å². The van der Waals surface area contributed by atoms with Gasteiger partial charge in [-0.05, 0) is 44.0 Å². The molecule has 0 aliphatic carbocycles.